The molecule has 0 amide bonds. The molecule has 0 aliphatic carbocycles. The van der Waals surface area contributed by atoms with Crippen molar-refractivity contribution in [2.24, 2.45) is 5.73 Å². The first-order valence-corrected chi connectivity index (χ1v) is 6.00. The average molecular weight is 243 g/mol. The van der Waals surface area contributed by atoms with Gasteiger partial charge in [-0.3, -0.25) is 0 Å². The van der Waals surface area contributed by atoms with E-state index in [0.29, 0.717) is 19.0 Å². The summed E-state index contributed by atoms with van der Waals surface area (Å²) in [6, 6.07) is 9.66. The van der Waals surface area contributed by atoms with Gasteiger partial charge in [0, 0.05) is 17.8 Å². The highest BCUT2D eigenvalue weighted by molar-refractivity contribution is 5.56. The fourth-order valence-corrected chi connectivity index (χ4v) is 1.73. The third-order valence-corrected chi connectivity index (χ3v) is 2.54. The van der Waals surface area contributed by atoms with Crippen LogP contribution in [0.15, 0.2) is 30.3 Å². The van der Waals surface area contributed by atoms with Crippen molar-refractivity contribution in [1.82, 2.24) is 9.97 Å². The summed E-state index contributed by atoms with van der Waals surface area (Å²) in [5.74, 6) is 1.56. The van der Waals surface area contributed by atoms with E-state index in [1.165, 1.54) is 0 Å². The van der Waals surface area contributed by atoms with Crippen LogP contribution in [0, 0.1) is 6.92 Å². The molecule has 0 aliphatic rings. The van der Waals surface area contributed by atoms with Crippen LogP contribution < -0.4 is 10.5 Å². The average Bonchev–Trinajstić information content (AvgIpc) is 2.39. The molecule has 0 spiro atoms. The van der Waals surface area contributed by atoms with Gasteiger partial charge < -0.3 is 10.5 Å². The van der Waals surface area contributed by atoms with Crippen molar-refractivity contribution in [3.63, 3.8) is 0 Å². The summed E-state index contributed by atoms with van der Waals surface area (Å²) in [7, 11) is 0. The highest BCUT2D eigenvalue weighted by Gasteiger charge is 2.04. The normalized spacial score (nSPS) is 10.4. The van der Waals surface area contributed by atoms with E-state index in [1.54, 1.807) is 0 Å². The molecule has 0 unspecified atom stereocenters. The molecule has 18 heavy (non-hydrogen) atoms. The van der Waals surface area contributed by atoms with E-state index >= 15 is 0 Å². The summed E-state index contributed by atoms with van der Waals surface area (Å²) >= 11 is 0. The summed E-state index contributed by atoms with van der Waals surface area (Å²) in [5, 5.41) is 0. The molecule has 4 heteroatoms. The van der Waals surface area contributed by atoms with E-state index in [4.69, 9.17) is 10.5 Å². The Bertz CT molecular complexity index is 523. The Balaban J connectivity index is 2.33. The molecule has 2 N–H and O–H groups in total. The molecule has 4 nitrogen and oxygen atoms in total. The molecule has 0 fully saturated rings. The minimum atomic E-state index is 0.424. The summed E-state index contributed by atoms with van der Waals surface area (Å²) in [6.07, 6.45) is 0. The molecular weight excluding hydrogens is 226 g/mol. The van der Waals surface area contributed by atoms with Crippen LogP contribution in [0.1, 0.15) is 18.3 Å². The van der Waals surface area contributed by atoms with Crippen molar-refractivity contribution in [3.8, 4) is 17.1 Å². The lowest BCUT2D eigenvalue weighted by Crippen LogP contribution is -2.03. The Kier molecular flexibility index (Phi) is 3.89. The standard InChI is InChI=1S/C14H17N3O/c1-3-18-13-6-4-11(5-7-13)14-16-10(2)8-12(9-15)17-14/h4-8H,3,9,15H2,1-2H3. The lowest BCUT2D eigenvalue weighted by atomic mass is 10.2. The Morgan fingerprint density at radius 1 is 1.17 bits per heavy atom. The number of nitrogens with two attached hydrogens (primary N) is 1. The second-order valence-electron chi connectivity index (χ2n) is 3.99. The number of hydrogen-bond donors (Lipinski definition) is 1. The summed E-state index contributed by atoms with van der Waals surface area (Å²) in [6.45, 7) is 5.00. The predicted octanol–water partition coefficient (Wildman–Crippen LogP) is 2.31. The number of nitrogens with zero attached hydrogens (tertiary/aromatic N) is 2. The van der Waals surface area contributed by atoms with Gasteiger partial charge in [-0.2, -0.15) is 0 Å². The van der Waals surface area contributed by atoms with Crippen LogP contribution >= 0.6 is 0 Å². The van der Waals surface area contributed by atoms with Crippen LogP contribution in [0.3, 0.4) is 0 Å². The number of benzene rings is 1. The smallest absolute Gasteiger partial charge is 0.159 e. The number of aromatic nitrogens is 2. The Morgan fingerprint density at radius 3 is 2.50 bits per heavy atom. The van der Waals surface area contributed by atoms with Crippen LogP contribution in [-0.4, -0.2) is 16.6 Å². The highest BCUT2D eigenvalue weighted by Crippen LogP contribution is 2.20. The first-order valence-electron chi connectivity index (χ1n) is 6.00. The zero-order valence-electron chi connectivity index (χ0n) is 10.7. The molecule has 1 heterocycles. The van der Waals surface area contributed by atoms with E-state index in [-0.39, 0.29) is 0 Å². The van der Waals surface area contributed by atoms with E-state index in [0.717, 1.165) is 22.7 Å². The molecule has 0 aliphatic heterocycles. The van der Waals surface area contributed by atoms with Gasteiger partial charge in [0.2, 0.25) is 0 Å². The van der Waals surface area contributed by atoms with Gasteiger partial charge in [-0.25, -0.2) is 9.97 Å². The van der Waals surface area contributed by atoms with Crippen molar-refractivity contribution in [3.05, 3.63) is 41.7 Å². The van der Waals surface area contributed by atoms with Crippen LogP contribution in [0.2, 0.25) is 0 Å². The zero-order valence-corrected chi connectivity index (χ0v) is 10.7. The second kappa shape index (κ2) is 5.60. The van der Waals surface area contributed by atoms with Gasteiger partial charge in [-0.15, -0.1) is 0 Å². The number of hydrogen-bond acceptors (Lipinski definition) is 4. The molecule has 0 radical (unpaired) electrons. The van der Waals surface area contributed by atoms with Crippen molar-refractivity contribution < 1.29 is 4.74 Å². The van der Waals surface area contributed by atoms with Crippen LogP contribution in [0.25, 0.3) is 11.4 Å². The van der Waals surface area contributed by atoms with Gasteiger partial charge in [0.25, 0.3) is 0 Å². The lowest BCUT2D eigenvalue weighted by molar-refractivity contribution is 0.340. The second-order valence-corrected chi connectivity index (χ2v) is 3.99. The maximum Gasteiger partial charge on any atom is 0.159 e. The van der Waals surface area contributed by atoms with E-state index < -0.39 is 0 Å². The molecule has 0 saturated carbocycles. The highest BCUT2D eigenvalue weighted by atomic mass is 16.5. The van der Waals surface area contributed by atoms with Crippen molar-refractivity contribution in [2.75, 3.05) is 6.61 Å². The summed E-state index contributed by atoms with van der Waals surface area (Å²) < 4.78 is 5.40. The van der Waals surface area contributed by atoms with Crippen molar-refractivity contribution >= 4 is 0 Å². The molecule has 94 valence electrons. The van der Waals surface area contributed by atoms with Crippen LogP contribution in [0.4, 0.5) is 0 Å². The Morgan fingerprint density at radius 2 is 1.89 bits per heavy atom. The SMILES string of the molecule is CCOc1ccc(-c2nc(C)cc(CN)n2)cc1. The fraction of sp³-hybridized carbons (Fsp3) is 0.286. The van der Waals surface area contributed by atoms with Crippen LogP contribution in [0.5, 0.6) is 5.75 Å². The lowest BCUT2D eigenvalue weighted by Gasteiger charge is -2.06. The molecule has 0 atom stereocenters. The summed E-state index contributed by atoms with van der Waals surface area (Å²) in [5.41, 5.74) is 8.37. The molecule has 2 aromatic rings. The molecule has 0 saturated heterocycles. The van der Waals surface area contributed by atoms with Gasteiger partial charge in [0.05, 0.1) is 12.3 Å². The quantitative estimate of drug-likeness (QED) is 0.895. The predicted molar refractivity (Wildman–Crippen MR) is 71.3 cm³/mol. The molecule has 1 aromatic carbocycles. The molecular formula is C14H17N3O. The monoisotopic (exact) mass is 243 g/mol. The van der Waals surface area contributed by atoms with Crippen molar-refractivity contribution in [1.29, 1.82) is 0 Å². The van der Waals surface area contributed by atoms with Gasteiger partial charge >= 0.3 is 0 Å². The zero-order chi connectivity index (χ0) is 13.0. The van der Waals surface area contributed by atoms with E-state index in [2.05, 4.69) is 9.97 Å². The van der Waals surface area contributed by atoms with Gasteiger partial charge in [0.15, 0.2) is 5.82 Å². The maximum atomic E-state index is 5.62. The third-order valence-electron chi connectivity index (χ3n) is 2.54. The van der Waals surface area contributed by atoms with Crippen molar-refractivity contribution in [2.45, 2.75) is 20.4 Å². The largest absolute Gasteiger partial charge is 0.494 e. The van der Waals surface area contributed by atoms with Gasteiger partial charge in [0.1, 0.15) is 5.75 Å². The van der Waals surface area contributed by atoms with E-state index in [9.17, 15) is 0 Å². The first kappa shape index (κ1) is 12.5. The summed E-state index contributed by atoms with van der Waals surface area (Å²) in [4.78, 5) is 8.84. The van der Waals surface area contributed by atoms with Gasteiger partial charge in [-0.1, -0.05) is 0 Å². The van der Waals surface area contributed by atoms with Gasteiger partial charge in [-0.05, 0) is 44.2 Å². The Hall–Kier alpha value is -1.94. The first-order chi connectivity index (χ1) is 8.72. The minimum absolute atomic E-state index is 0.424. The number of aryl methyl sites for hydroxylation is 1. The minimum Gasteiger partial charge on any atom is -0.494 e. The topological polar surface area (TPSA) is 61.0 Å². The molecule has 0 bridgehead atoms. The molecule has 1 aromatic heterocycles. The number of ether oxygens (including phenoxy) is 1. The maximum absolute atomic E-state index is 5.62. The molecule has 2 rings (SSSR count). The number of rotatable bonds is 4. The fourth-order valence-electron chi connectivity index (χ4n) is 1.73. The van der Waals surface area contributed by atoms with E-state index in [1.807, 2.05) is 44.2 Å². The Labute approximate surface area is 107 Å². The third kappa shape index (κ3) is 2.84. The van der Waals surface area contributed by atoms with Crippen LogP contribution in [-0.2, 0) is 6.54 Å².